The summed E-state index contributed by atoms with van der Waals surface area (Å²) in [5, 5.41) is 12.8. The van der Waals surface area contributed by atoms with E-state index >= 15 is 0 Å². The zero-order valence-corrected chi connectivity index (χ0v) is 11.2. The number of nitrogens with zero attached hydrogens (tertiary/aromatic N) is 3. The first-order chi connectivity index (χ1) is 10.2. The van der Waals surface area contributed by atoms with E-state index < -0.39 is 5.91 Å². The summed E-state index contributed by atoms with van der Waals surface area (Å²) in [5.41, 5.74) is 3.10. The normalized spacial score (nSPS) is 14.4. The molecule has 0 bridgehead atoms. The van der Waals surface area contributed by atoms with Crippen LogP contribution in [0.3, 0.4) is 0 Å². The highest BCUT2D eigenvalue weighted by atomic mass is 16.5. The summed E-state index contributed by atoms with van der Waals surface area (Å²) >= 11 is 0. The van der Waals surface area contributed by atoms with Crippen LogP contribution in [0.15, 0.2) is 24.4 Å². The number of aromatic amines is 1. The number of nitrogens with one attached hydrogen (secondary N) is 2. The molecular formula is C13H15N5O3. The van der Waals surface area contributed by atoms with Gasteiger partial charge in [0.05, 0.1) is 0 Å². The lowest BCUT2D eigenvalue weighted by molar-refractivity contribution is 0.0688. The van der Waals surface area contributed by atoms with Crippen molar-refractivity contribution in [3.63, 3.8) is 0 Å². The summed E-state index contributed by atoms with van der Waals surface area (Å²) in [6, 6.07) is 5.13. The number of fused-ring (bicyclic) bond motifs is 1. The standard InChI is InChI=1S/C13H15N5O3/c19-12(16-21)11-7-9-3-2-6-17(8-18(9)15-11)13(20)10-4-1-5-14-10/h1,4-5,7,14,21H,2-3,6,8H2,(H,16,19). The largest absolute Gasteiger partial charge is 0.357 e. The third-order valence-corrected chi connectivity index (χ3v) is 3.48. The summed E-state index contributed by atoms with van der Waals surface area (Å²) in [6.45, 7) is 0.911. The Morgan fingerprint density at radius 1 is 1.43 bits per heavy atom. The number of carbonyl (C=O) groups is 2. The number of carbonyl (C=O) groups excluding carboxylic acids is 2. The van der Waals surface area contributed by atoms with Gasteiger partial charge in [0, 0.05) is 18.4 Å². The minimum Gasteiger partial charge on any atom is -0.357 e. The summed E-state index contributed by atoms with van der Waals surface area (Å²) in [6.07, 6.45) is 3.21. The second-order valence-electron chi connectivity index (χ2n) is 4.86. The lowest BCUT2D eigenvalue weighted by Crippen LogP contribution is -2.33. The van der Waals surface area contributed by atoms with Crippen molar-refractivity contribution in [2.75, 3.05) is 6.54 Å². The molecule has 0 saturated heterocycles. The quantitative estimate of drug-likeness (QED) is 0.549. The Kier molecular flexibility index (Phi) is 3.44. The minimum atomic E-state index is -0.655. The molecule has 1 aliphatic rings. The van der Waals surface area contributed by atoms with Gasteiger partial charge in [-0.1, -0.05) is 0 Å². The van der Waals surface area contributed by atoms with E-state index in [1.807, 2.05) is 0 Å². The van der Waals surface area contributed by atoms with Crippen molar-refractivity contribution in [2.45, 2.75) is 19.5 Å². The van der Waals surface area contributed by atoms with Crippen LogP contribution in [0, 0.1) is 0 Å². The monoisotopic (exact) mass is 289 g/mol. The number of rotatable bonds is 2. The Bertz CT molecular complexity index is 661. The van der Waals surface area contributed by atoms with Gasteiger partial charge in [-0.3, -0.25) is 14.8 Å². The van der Waals surface area contributed by atoms with Gasteiger partial charge < -0.3 is 9.88 Å². The number of H-pyrrole nitrogens is 1. The molecule has 1 aliphatic heterocycles. The maximum absolute atomic E-state index is 12.4. The Morgan fingerprint density at radius 3 is 3.00 bits per heavy atom. The van der Waals surface area contributed by atoms with E-state index in [0.717, 1.165) is 18.5 Å². The molecule has 2 aromatic heterocycles. The Balaban J connectivity index is 1.83. The Hall–Kier alpha value is -2.61. The molecule has 0 saturated carbocycles. The molecule has 2 amide bonds. The number of hydrogen-bond donors (Lipinski definition) is 3. The van der Waals surface area contributed by atoms with E-state index in [2.05, 4.69) is 10.1 Å². The van der Waals surface area contributed by atoms with Crippen molar-refractivity contribution < 1.29 is 14.8 Å². The number of aromatic nitrogens is 3. The predicted octanol–water partition coefficient (Wildman–Crippen LogP) is 0.376. The molecule has 3 rings (SSSR count). The Morgan fingerprint density at radius 2 is 2.29 bits per heavy atom. The van der Waals surface area contributed by atoms with Gasteiger partial charge in [0.2, 0.25) is 0 Å². The number of amides is 2. The maximum atomic E-state index is 12.4. The third kappa shape index (κ3) is 2.52. The fourth-order valence-electron chi connectivity index (χ4n) is 2.43. The van der Waals surface area contributed by atoms with E-state index in [1.165, 1.54) is 0 Å². The summed E-state index contributed by atoms with van der Waals surface area (Å²) < 4.78 is 1.62. The van der Waals surface area contributed by atoms with Gasteiger partial charge in [-0.15, -0.1) is 0 Å². The van der Waals surface area contributed by atoms with Crippen LogP contribution in [-0.4, -0.2) is 43.2 Å². The molecule has 0 fully saturated rings. The molecule has 0 atom stereocenters. The number of aryl methyl sites for hydroxylation is 1. The number of hydroxylamine groups is 1. The summed E-state index contributed by atoms with van der Waals surface area (Å²) in [7, 11) is 0. The van der Waals surface area contributed by atoms with E-state index in [-0.39, 0.29) is 18.3 Å². The van der Waals surface area contributed by atoms with Crippen molar-refractivity contribution in [3.8, 4) is 0 Å². The number of hydrogen-bond acceptors (Lipinski definition) is 4. The van der Waals surface area contributed by atoms with Crippen molar-refractivity contribution in [2.24, 2.45) is 0 Å². The minimum absolute atomic E-state index is 0.100. The van der Waals surface area contributed by atoms with Crippen molar-refractivity contribution in [1.29, 1.82) is 0 Å². The molecule has 0 unspecified atom stereocenters. The van der Waals surface area contributed by atoms with Crippen LogP contribution in [0.1, 0.15) is 33.1 Å². The molecule has 0 radical (unpaired) electrons. The fraction of sp³-hybridized carbons (Fsp3) is 0.308. The summed E-state index contributed by atoms with van der Waals surface area (Å²) in [5.74, 6) is -0.755. The van der Waals surface area contributed by atoms with E-state index in [1.54, 1.807) is 39.5 Å². The third-order valence-electron chi connectivity index (χ3n) is 3.48. The van der Waals surface area contributed by atoms with Gasteiger partial charge in [0.25, 0.3) is 11.8 Å². The van der Waals surface area contributed by atoms with Gasteiger partial charge >= 0.3 is 0 Å². The molecule has 0 aromatic carbocycles. The average Bonchev–Trinajstić information content (AvgIpc) is 3.12. The second-order valence-corrected chi connectivity index (χ2v) is 4.86. The molecule has 3 N–H and O–H groups in total. The molecule has 0 spiro atoms. The van der Waals surface area contributed by atoms with Crippen LogP contribution in [0.25, 0.3) is 0 Å². The molecule has 21 heavy (non-hydrogen) atoms. The topological polar surface area (TPSA) is 103 Å². The lowest BCUT2D eigenvalue weighted by atomic mass is 10.2. The fourth-order valence-corrected chi connectivity index (χ4v) is 2.43. The van der Waals surface area contributed by atoms with Crippen LogP contribution < -0.4 is 5.48 Å². The first kappa shape index (κ1) is 13.4. The highest BCUT2D eigenvalue weighted by Gasteiger charge is 2.23. The van der Waals surface area contributed by atoms with Crippen molar-refractivity contribution in [3.05, 3.63) is 41.5 Å². The van der Waals surface area contributed by atoms with Crippen LogP contribution >= 0.6 is 0 Å². The molecule has 0 aliphatic carbocycles. The highest BCUT2D eigenvalue weighted by molar-refractivity contribution is 5.92. The molecular weight excluding hydrogens is 274 g/mol. The summed E-state index contributed by atoms with van der Waals surface area (Å²) in [4.78, 5) is 28.3. The van der Waals surface area contributed by atoms with E-state index in [0.29, 0.717) is 12.2 Å². The smallest absolute Gasteiger partial charge is 0.295 e. The molecule has 8 heteroatoms. The van der Waals surface area contributed by atoms with Gasteiger partial charge in [-0.05, 0) is 31.0 Å². The molecule has 2 aromatic rings. The molecule has 110 valence electrons. The van der Waals surface area contributed by atoms with Crippen molar-refractivity contribution >= 4 is 11.8 Å². The predicted molar refractivity (Wildman–Crippen MR) is 71.6 cm³/mol. The van der Waals surface area contributed by atoms with E-state index in [4.69, 9.17) is 5.21 Å². The van der Waals surface area contributed by atoms with Crippen LogP contribution in [0.4, 0.5) is 0 Å². The SMILES string of the molecule is O=C(NO)c1cc2n(n1)CN(C(=O)c1ccc[nH]1)CCC2. The first-order valence-electron chi connectivity index (χ1n) is 6.63. The van der Waals surface area contributed by atoms with Crippen LogP contribution in [0.2, 0.25) is 0 Å². The highest BCUT2D eigenvalue weighted by Crippen LogP contribution is 2.15. The Labute approximate surface area is 120 Å². The van der Waals surface area contributed by atoms with Gasteiger partial charge in [-0.2, -0.15) is 5.10 Å². The zero-order chi connectivity index (χ0) is 14.8. The van der Waals surface area contributed by atoms with Gasteiger partial charge in [0.1, 0.15) is 12.4 Å². The molecule has 8 nitrogen and oxygen atoms in total. The maximum Gasteiger partial charge on any atom is 0.295 e. The van der Waals surface area contributed by atoms with E-state index in [9.17, 15) is 9.59 Å². The zero-order valence-electron chi connectivity index (χ0n) is 11.2. The average molecular weight is 289 g/mol. The van der Waals surface area contributed by atoms with Crippen LogP contribution in [0.5, 0.6) is 0 Å². The lowest BCUT2D eigenvalue weighted by Gasteiger charge is -2.20. The van der Waals surface area contributed by atoms with Gasteiger partial charge in [-0.25, -0.2) is 10.2 Å². The van der Waals surface area contributed by atoms with Crippen LogP contribution in [-0.2, 0) is 13.1 Å². The second kappa shape index (κ2) is 5.41. The van der Waals surface area contributed by atoms with Crippen molar-refractivity contribution in [1.82, 2.24) is 25.1 Å². The van der Waals surface area contributed by atoms with Gasteiger partial charge in [0.15, 0.2) is 5.69 Å². The molecule has 3 heterocycles. The first-order valence-corrected chi connectivity index (χ1v) is 6.63.